The molecule has 1 fully saturated rings. The fourth-order valence-corrected chi connectivity index (χ4v) is 1.31. The van der Waals surface area contributed by atoms with Crippen LogP contribution in [0.5, 0.6) is 0 Å². The van der Waals surface area contributed by atoms with Crippen LogP contribution >= 0.6 is 0 Å². The predicted molar refractivity (Wildman–Crippen MR) is 40.6 cm³/mol. The molecule has 0 bridgehead atoms. The Kier molecular flexibility index (Phi) is 2.07. The summed E-state index contributed by atoms with van der Waals surface area (Å²) in [6.45, 7) is 0. The zero-order valence-electron chi connectivity index (χ0n) is 6.65. The summed E-state index contributed by atoms with van der Waals surface area (Å²) in [5.74, 6) is -2.68. The molecule has 5 heteroatoms. The Morgan fingerprint density at radius 3 is 2.15 bits per heavy atom. The van der Waals surface area contributed by atoms with Gasteiger partial charge in [0.05, 0.1) is 6.07 Å². The summed E-state index contributed by atoms with van der Waals surface area (Å²) in [6.07, 6.45) is 1.07. The standard InChI is InChI=1S/C8H7NO4/c9-2-1-5-3-8(4-5,6(10)11)7(12)13/h1H,3-4H2,(H,10,11)(H,12,13). The first-order chi connectivity index (χ1) is 6.03. The molecule has 1 rings (SSSR count). The number of aliphatic carboxylic acids is 2. The molecule has 0 aromatic carbocycles. The molecule has 1 saturated carbocycles. The van der Waals surface area contributed by atoms with E-state index in [9.17, 15) is 9.59 Å². The molecular formula is C8H7NO4. The van der Waals surface area contributed by atoms with Crippen LogP contribution in [0.2, 0.25) is 0 Å². The van der Waals surface area contributed by atoms with Gasteiger partial charge >= 0.3 is 11.9 Å². The first-order valence-corrected chi connectivity index (χ1v) is 3.57. The SMILES string of the molecule is N#CC=C1CC(C(=O)O)(C(=O)O)C1. The second kappa shape index (κ2) is 2.90. The summed E-state index contributed by atoms with van der Waals surface area (Å²) in [4.78, 5) is 21.2. The van der Waals surface area contributed by atoms with Crippen molar-refractivity contribution in [2.75, 3.05) is 0 Å². The van der Waals surface area contributed by atoms with Crippen LogP contribution in [0.25, 0.3) is 0 Å². The van der Waals surface area contributed by atoms with E-state index >= 15 is 0 Å². The first-order valence-electron chi connectivity index (χ1n) is 3.57. The second-order valence-corrected chi connectivity index (χ2v) is 2.98. The molecule has 5 nitrogen and oxygen atoms in total. The highest BCUT2D eigenvalue weighted by Gasteiger charge is 2.54. The van der Waals surface area contributed by atoms with Crippen molar-refractivity contribution in [2.45, 2.75) is 12.8 Å². The lowest BCUT2D eigenvalue weighted by Gasteiger charge is -2.35. The summed E-state index contributed by atoms with van der Waals surface area (Å²) in [5, 5.41) is 25.5. The largest absolute Gasteiger partial charge is 0.480 e. The molecule has 0 atom stereocenters. The van der Waals surface area contributed by atoms with Gasteiger partial charge in [0.1, 0.15) is 0 Å². The quantitative estimate of drug-likeness (QED) is 0.474. The van der Waals surface area contributed by atoms with Crippen molar-refractivity contribution in [3.63, 3.8) is 0 Å². The van der Waals surface area contributed by atoms with Gasteiger partial charge in [0.25, 0.3) is 0 Å². The predicted octanol–water partition coefficient (Wildman–Crippen LogP) is 0.386. The normalized spacial score (nSPS) is 18.2. The zero-order valence-corrected chi connectivity index (χ0v) is 6.65. The minimum absolute atomic E-state index is 0.0643. The number of rotatable bonds is 2. The van der Waals surface area contributed by atoms with E-state index in [0.717, 1.165) is 0 Å². The molecule has 0 radical (unpaired) electrons. The van der Waals surface area contributed by atoms with E-state index < -0.39 is 17.4 Å². The number of hydrogen-bond donors (Lipinski definition) is 2. The number of carbonyl (C=O) groups is 2. The lowest BCUT2D eigenvalue weighted by molar-refractivity contribution is -0.167. The van der Waals surface area contributed by atoms with Crippen LogP contribution in [0.1, 0.15) is 12.8 Å². The molecule has 13 heavy (non-hydrogen) atoms. The summed E-state index contributed by atoms with van der Waals surface area (Å²) in [7, 11) is 0. The van der Waals surface area contributed by atoms with E-state index in [-0.39, 0.29) is 12.8 Å². The van der Waals surface area contributed by atoms with Gasteiger partial charge in [-0.25, -0.2) is 0 Å². The topological polar surface area (TPSA) is 98.4 Å². The maximum absolute atomic E-state index is 10.6. The monoisotopic (exact) mass is 181 g/mol. The fourth-order valence-electron chi connectivity index (χ4n) is 1.31. The van der Waals surface area contributed by atoms with Crippen LogP contribution in [0.15, 0.2) is 11.6 Å². The van der Waals surface area contributed by atoms with Crippen molar-refractivity contribution in [1.29, 1.82) is 5.26 Å². The molecule has 0 aromatic heterocycles. The summed E-state index contributed by atoms with van der Waals surface area (Å²) in [5.41, 5.74) is -1.12. The van der Waals surface area contributed by atoms with Gasteiger partial charge in [-0.1, -0.05) is 5.57 Å². The van der Waals surface area contributed by atoms with Crippen LogP contribution in [0.4, 0.5) is 0 Å². The first kappa shape index (κ1) is 9.26. The minimum Gasteiger partial charge on any atom is -0.480 e. The summed E-state index contributed by atoms with van der Waals surface area (Å²) < 4.78 is 0. The zero-order chi connectivity index (χ0) is 10.1. The van der Waals surface area contributed by atoms with Crippen LogP contribution in [0.3, 0.4) is 0 Å². The molecule has 68 valence electrons. The molecule has 0 amide bonds. The van der Waals surface area contributed by atoms with Crippen molar-refractivity contribution in [3.05, 3.63) is 11.6 Å². The Morgan fingerprint density at radius 2 is 1.85 bits per heavy atom. The van der Waals surface area contributed by atoms with E-state index in [4.69, 9.17) is 15.5 Å². The van der Waals surface area contributed by atoms with E-state index in [1.165, 1.54) is 6.08 Å². The Morgan fingerprint density at radius 1 is 1.38 bits per heavy atom. The second-order valence-electron chi connectivity index (χ2n) is 2.98. The third-order valence-electron chi connectivity index (χ3n) is 2.15. The van der Waals surface area contributed by atoms with E-state index in [2.05, 4.69) is 0 Å². The van der Waals surface area contributed by atoms with Crippen LogP contribution < -0.4 is 0 Å². The van der Waals surface area contributed by atoms with Crippen molar-refractivity contribution in [3.8, 4) is 6.07 Å². The van der Waals surface area contributed by atoms with E-state index in [1.807, 2.05) is 0 Å². The molecular weight excluding hydrogens is 174 g/mol. The maximum atomic E-state index is 10.6. The fraction of sp³-hybridized carbons (Fsp3) is 0.375. The lowest BCUT2D eigenvalue weighted by Crippen LogP contribution is -2.46. The molecule has 0 aromatic rings. The molecule has 0 saturated heterocycles. The van der Waals surface area contributed by atoms with Gasteiger partial charge in [0.2, 0.25) is 0 Å². The van der Waals surface area contributed by atoms with Gasteiger partial charge in [0.15, 0.2) is 5.41 Å². The Hall–Kier alpha value is -1.83. The number of hydrogen-bond acceptors (Lipinski definition) is 3. The number of carboxylic acids is 2. The van der Waals surface area contributed by atoms with Gasteiger partial charge in [-0.3, -0.25) is 9.59 Å². The van der Waals surface area contributed by atoms with Gasteiger partial charge in [0, 0.05) is 6.08 Å². The van der Waals surface area contributed by atoms with Crippen molar-refractivity contribution in [2.24, 2.45) is 5.41 Å². The molecule has 0 unspecified atom stereocenters. The Balaban J connectivity index is 2.82. The summed E-state index contributed by atoms with van der Waals surface area (Å²) >= 11 is 0. The average molecular weight is 181 g/mol. The highest BCUT2D eigenvalue weighted by molar-refractivity contribution is 6.00. The average Bonchev–Trinajstić information content (AvgIpc) is 1.93. The minimum atomic E-state index is -1.69. The summed E-state index contributed by atoms with van der Waals surface area (Å²) in [6, 6.07) is 1.74. The van der Waals surface area contributed by atoms with Gasteiger partial charge in [-0.15, -0.1) is 0 Å². The number of carboxylic acid groups (broad SMARTS) is 2. The molecule has 1 aliphatic rings. The van der Waals surface area contributed by atoms with E-state index in [0.29, 0.717) is 5.57 Å². The highest BCUT2D eigenvalue weighted by atomic mass is 16.4. The third kappa shape index (κ3) is 1.26. The van der Waals surface area contributed by atoms with Gasteiger partial charge in [-0.05, 0) is 12.8 Å². The lowest BCUT2D eigenvalue weighted by atomic mass is 9.65. The molecule has 2 N–H and O–H groups in total. The van der Waals surface area contributed by atoms with E-state index in [1.54, 1.807) is 6.07 Å². The Labute approximate surface area is 73.9 Å². The van der Waals surface area contributed by atoms with Gasteiger partial charge in [-0.2, -0.15) is 5.26 Å². The number of nitrogens with zero attached hydrogens (tertiary/aromatic N) is 1. The molecule has 1 aliphatic carbocycles. The van der Waals surface area contributed by atoms with Crippen LogP contribution in [0, 0.1) is 16.7 Å². The van der Waals surface area contributed by atoms with Crippen LogP contribution in [-0.2, 0) is 9.59 Å². The maximum Gasteiger partial charge on any atom is 0.321 e. The highest BCUT2D eigenvalue weighted by Crippen LogP contribution is 2.45. The van der Waals surface area contributed by atoms with Crippen molar-refractivity contribution < 1.29 is 19.8 Å². The Bertz CT molecular complexity index is 313. The number of allylic oxidation sites excluding steroid dienone is 2. The molecule has 0 aliphatic heterocycles. The van der Waals surface area contributed by atoms with Crippen LogP contribution in [-0.4, -0.2) is 22.2 Å². The van der Waals surface area contributed by atoms with Gasteiger partial charge < -0.3 is 10.2 Å². The molecule has 0 heterocycles. The van der Waals surface area contributed by atoms with Crippen molar-refractivity contribution in [1.82, 2.24) is 0 Å². The number of nitriles is 1. The van der Waals surface area contributed by atoms with Crippen molar-refractivity contribution >= 4 is 11.9 Å². The molecule has 0 spiro atoms. The third-order valence-corrected chi connectivity index (χ3v) is 2.15. The smallest absolute Gasteiger partial charge is 0.321 e.